The molecule has 0 spiro atoms. The van der Waals surface area contributed by atoms with Crippen LogP contribution in [-0.2, 0) is 30.4 Å². The van der Waals surface area contributed by atoms with Crippen molar-refractivity contribution in [3.63, 3.8) is 0 Å². The van der Waals surface area contributed by atoms with Gasteiger partial charge in [0, 0.05) is 0 Å². The summed E-state index contributed by atoms with van der Waals surface area (Å²) in [4.78, 5) is 40.3. The predicted octanol–water partition coefficient (Wildman–Crippen LogP) is 12.0. The lowest BCUT2D eigenvalue weighted by molar-refractivity contribution is -0.229. The van der Waals surface area contributed by atoms with Gasteiger partial charge in [0.2, 0.25) is 0 Å². The lowest BCUT2D eigenvalue weighted by Gasteiger charge is -2.72. The van der Waals surface area contributed by atoms with E-state index >= 15 is 0 Å². The second kappa shape index (κ2) is 14.9. The smallest absolute Gasteiger partial charge is 0.338 e. The van der Waals surface area contributed by atoms with E-state index in [-0.39, 0.29) is 64.4 Å². The Labute approximate surface area is 342 Å². The highest BCUT2D eigenvalue weighted by molar-refractivity contribution is 5.90. The molecule has 5 aliphatic rings. The van der Waals surface area contributed by atoms with Gasteiger partial charge in [0.15, 0.2) is 0 Å². The molecule has 0 aromatic heterocycles. The number of carbonyl (C=O) groups excluding carboxylic acids is 3. The van der Waals surface area contributed by atoms with E-state index in [9.17, 15) is 14.4 Å². The topological polar surface area (TPSA) is 78.9 Å². The van der Waals surface area contributed by atoms with Gasteiger partial charge >= 0.3 is 17.9 Å². The van der Waals surface area contributed by atoms with Crippen LogP contribution < -0.4 is 0 Å². The summed E-state index contributed by atoms with van der Waals surface area (Å²) < 4.78 is 17.3. The Kier molecular flexibility index (Phi) is 10.8. The van der Waals surface area contributed by atoms with Crippen LogP contribution in [0, 0.1) is 56.7 Å². The Morgan fingerprint density at radius 3 is 2.16 bits per heavy atom. The van der Waals surface area contributed by atoms with Crippen molar-refractivity contribution in [3.05, 3.63) is 89.5 Å². The first-order valence-corrected chi connectivity index (χ1v) is 21.9. The number of rotatable bonds is 9. The summed E-state index contributed by atoms with van der Waals surface area (Å²) in [6, 6.07) is 18.1. The van der Waals surface area contributed by atoms with Crippen molar-refractivity contribution in [1.82, 2.24) is 0 Å². The maximum absolute atomic E-state index is 14.6. The van der Waals surface area contributed by atoms with Crippen LogP contribution in [0.25, 0.3) is 5.57 Å². The number of hydrogen-bond acceptors (Lipinski definition) is 6. The van der Waals surface area contributed by atoms with Crippen LogP contribution in [0.15, 0.2) is 72.8 Å². The fourth-order valence-corrected chi connectivity index (χ4v) is 14.0. The summed E-state index contributed by atoms with van der Waals surface area (Å²) in [6.45, 7) is 25.4. The lowest BCUT2D eigenvalue weighted by Crippen LogP contribution is -2.66. The van der Waals surface area contributed by atoms with E-state index in [2.05, 4.69) is 59.4 Å². The molecule has 0 amide bonds. The molecule has 0 heterocycles. The van der Waals surface area contributed by atoms with Crippen molar-refractivity contribution in [1.29, 1.82) is 0 Å². The Bertz CT molecular complexity index is 1900. The van der Waals surface area contributed by atoms with Gasteiger partial charge in [-0.05, 0) is 166 Å². The predicted molar refractivity (Wildman–Crippen MR) is 226 cm³/mol. The summed E-state index contributed by atoms with van der Waals surface area (Å²) in [5.41, 5.74) is 4.16. The summed E-state index contributed by atoms with van der Waals surface area (Å²) >= 11 is 0. The van der Waals surface area contributed by atoms with Crippen LogP contribution in [0.5, 0.6) is 0 Å². The molecule has 0 aliphatic heterocycles. The maximum Gasteiger partial charge on any atom is 0.338 e. The first-order valence-electron chi connectivity index (χ1n) is 21.9. The normalized spacial score (nSPS) is 35.3. The lowest BCUT2D eigenvalue weighted by atomic mass is 9.32. The van der Waals surface area contributed by atoms with E-state index in [1.807, 2.05) is 70.2 Å². The summed E-state index contributed by atoms with van der Waals surface area (Å²) in [5, 5.41) is 0. The molecule has 7 rings (SSSR count). The van der Waals surface area contributed by atoms with Gasteiger partial charge in [-0.3, -0.25) is 9.59 Å². The van der Waals surface area contributed by atoms with Gasteiger partial charge in [-0.1, -0.05) is 95.3 Å². The molecule has 0 N–H and O–H groups in total. The number of allylic oxidation sites excluding steroid dienone is 2. The van der Waals surface area contributed by atoms with Crippen LogP contribution in [0.2, 0.25) is 0 Å². The zero-order valence-electron chi connectivity index (χ0n) is 36.3. The van der Waals surface area contributed by atoms with Gasteiger partial charge in [0.05, 0.1) is 24.0 Å². The standard InChI is InChI=1S/C51H68O6/c1-11-55-42(52)31-33(2)37-23-28-51(45(54)56-32-34-15-13-12-14-16-34)30-29-49(9)39(43(37)51)21-22-41-48(8)26-24-38(47(6,7)40(48)25-27-50(41,49)10)35-17-19-36(20-18-35)44(53)57-46(3,4)5/h12-20,24,37,39-41,43H,2,11,21-23,25-32H2,1,3-10H3. The molecule has 0 saturated heterocycles. The van der Waals surface area contributed by atoms with E-state index in [0.717, 1.165) is 68.9 Å². The monoisotopic (exact) mass is 777 g/mol. The fourth-order valence-electron chi connectivity index (χ4n) is 14.0. The van der Waals surface area contributed by atoms with Crippen molar-refractivity contribution < 1.29 is 28.6 Å². The molecular weight excluding hydrogens is 709 g/mol. The molecular formula is C51H68O6. The molecule has 0 radical (unpaired) electrons. The number of fused-ring (bicyclic) bond motifs is 7. The van der Waals surface area contributed by atoms with E-state index in [1.54, 1.807) is 0 Å². The third-order valence-electron chi connectivity index (χ3n) is 16.7. The van der Waals surface area contributed by atoms with Gasteiger partial charge < -0.3 is 14.2 Å². The number of carbonyl (C=O) groups is 3. The second-order valence-electron chi connectivity index (χ2n) is 20.8. The van der Waals surface area contributed by atoms with Crippen molar-refractivity contribution in [3.8, 4) is 0 Å². The van der Waals surface area contributed by atoms with E-state index in [4.69, 9.17) is 14.2 Å². The molecule has 0 bridgehead atoms. The summed E-state index contributed by atoms with van der Waals surface area (Å²) in [5.74, 6) is 0.973. The van der Waals surface area contributed by atoms with E-state index < -0.39 is 11.0 Å². The second-order valence-corrected chi connectivity index (χ2v) is 20.8. The zero-order valence-corrected chi connectivity index (χ0v) is 36.3. The third-order valence-corrected chi connectivity index (χ3v) is 16.7. The molecule has 57 heavy (non-hydrogen) atoms. The van der Waals surface area contributed by atoms with Crippen LogP contribution in [-0.4, -0.2) is 30.1 Å². The molecule has 4 saturated carbocycles. The minimum Gasteiger partial charge on any atom is -0.466 e. The van der Waals surface area contributed by atoms with Crippen molar-refractivity contribution in [2.24, 2.45) is 56.7 Å². The van der Waals surface area contributed by atoms with Crippen LogP contribution >= 0.6 is 0 Å². The molecule has 2 aromatic rings. The van der Waals surface area contributed by atoms with Crippen LogP contribution in [0.3, 0.4) is 0 Å². The molecule has 9 unspecified atom stereocenters. The Balaban J connectivity index is 1.18. The van der Waals surface area contributed by atoms with Crippen LogP contribution in [0.1, 0.15) is 148 Å². The molecule has 2 aromatic carbocycles. The number of esters is 3. The molecule has 5 aliphatic carbocycles. The highest BCUT2D eigenvalue weighted by Gasteiger charge is 2.72. The quantitative estimate of drug-likeness (QED) is 0.143. The third kappa shape index (κ3) is 6.93. The van der Waals surface area contributed by atoms with Gasteiger partial charge in [-0.25, -0.2) is 4.79 Å². The molecule has 6 nitrogen and oxygen atoms in total. The number of hydrogen-bond donors (Lipinski definition) is 0. The zero-order chi connectivity index (χ0) is 41.2. The first-order chi connectivity index (χ1) is 26.8. The molecule has 9 atom stereocenters. The van der Waals surface area contributed by atoms with E-state index in [1.165, 1.54) is 11.1 Å². The maximum atomic E-state index is 14.6. The Morgan fingerprint density at radius 1 is 0.789 bits per heavy atom. The molecule has 6 heteroatoms. The minimum absolute atomic E-state index is 0.0240. The SMILES string of the molecule is C=C(CC(=O)OCC)C1CCC2(C(=O)OCc3ccccc3)CCC3(C)C(CCC4C5(C)CC=C(c6ccc(C(=O)OC(C)(C)C)cc6)C(C)(C)C5CCC43C)C12. The Morgan fingerprint density at radius 2 is 1.49 bits per heavy atom. The van der Waals surface area contributed by atoms with Crippen molar-refractivity contribution in [2.75, 3.05) is 6.61 Å². The van der Waals surface area contributed by atoms with Crippen molar-refractivity contribution >= 4 is 23.5 Å². The average Bonchev–Trinajstić information content (AvgIpc) is 3.55. The summed E-state index contributed by atoms with van der Waals surface area (Å²) in [7, 11) is 0. The number of benzene rings is 2. The largest absolute Gasteiger partial charge is 0.466 e. The number of ether oxygens (including phenoxy) is 3. The van der Waals surface area contributed by atoms with Gasteiger partial charge in [-0.2, -0.15) is 0 Å². The highest BCUT2D eigenvalue weighted by Crippen LogP contribution is 2.78. The Hall–Kier alpha value is -3.67. The molecule has 308 valence electrons. The van der Waals surface area contributed by atoms with E-state index in [0.29, 0.717) is 29.9 Å². The van der Waals surface area contributed by atoms with Crippen molar-refractivity contribution in [2.45, 2.75) is 139 Å². The minimum atomic E-state index is -0.574. The molecule has 4 fully saturated rings. The first kappa shape index (κ1) is 41.5. The van der Waals surface area contributed by atoms with Gasteiger partial charge in [-0.15, -0.1) is 0 Å². The van der Waals surface area contributed by atoms with Crippen LogP contribution in [0.4, 0.5) is 0 Å². The summed E-state index contributed by atoms with van der Waals surface area (Å²) in [6.07, 6.45) is 11.8. The average molecular weight is 777 g/mol. The van der Waals surface area contributed by atoms with Gasteiger partial charge in [0.25, 0.3) is 0 Å². The fraction of sp³-hybridized carbons (Fsp3) is 0.627. The highest BCUT2D eigenvalue weighted by atomic mass is 16.6. The van der Waals surface area contributed by atoms with Gasteiger partial charge in [0.1, 0.15) is 12.2 Å².